The maximum absolute atomic E-state index is 12.3. The SMILES string of the molecule is CN1C(=O)COc2ccc(-c3ccc4c(n3)CC(C)(C)CC4=O)cc21. The molecule has 2 heterocycles. The molecule has 5 heteroatoms. The first-order valence-electron chi connectivity index (χ1n) is 8.41. The molecular formula is C20H20N2O3. The van der Waals surface area contributed by atoms with Crippen LogP contribution in [0, 0.1) is 5.41 Å². The van der Waals surface area contributed by atoms with E-state index in [2.05, 4.69) is 13.8 Å². The number of carbonyl (C=O) groups excluding carboxylic acids is 2. The normalized spacial score (nSPS) is 18.4. The Labute approximate surface area is 146 Å². The summed E-state index contributed by atoms with van der Waals surface area (Å²) in [5.41, 5.74) is 3.98. The summed E-state index contributed by atoms with van der Waals surface area (Å²) >= 11 is 0. The molecule has 0 spiro atoms. The van der Waals surface area contributed by atoms with Gasteiger partial charge in [0.2, 0.25) is 0 Å². The van der Waals surface area contributed by atoms with Gasteiger partial charge in [0.15, 0.2) is 12.4 Å². The third-order valence-electron chi connectivity index (χ3n) is 4.90. The second-order valence-electron chi connectivity index (χ2n) is 7.56. The molecule has 0 atom stereocenters. The van der Waals surface area contributed by atoms with Crippen LogP contribution in [-0.4, -0.2) is 30.3 Å². The summed E-state index contributed by atoms with van der Waals surface area (Å²) in [6.45, 7) is 4.26. The van der Waals surface area contributed by atoms with Gasteiger partial charge in [-0.2, -0.15) is 0 Å². The predicted molar refractivity (Wildman–Crippen MR) is 95.0 cm³/mol. The maximum atomic E-state index is 12.3. The molecule has 0 radical (unpaired) electrons. The number of fused-ring (bicyclic) bond motifs is 2. The lowest BCUT2D eigenvalue weighted by Gasteiger charge is -2.29. The monoisotopic (exact) mass is 336 g/mol. The molecule has 0 fully saturated rings. The highest BCUT2D eigenvalue weighted by molar-refractivity contribution is 5.99. The number of carbonyl (C=O) groups is 2. The fourth-order valence-corrected chi connectivity index (χ4v) is 3.53. The average molecular weight is 336 g/mol. The van der Waals surface area contributed by atoms with Crippen molar-refractivity contribution >= 4 is 17.4 Å². The molecule has 0 unspecified atom stereocenters. The quantitative estimate of drug-likeness (QED) is 0.802. The van der Waals surface area contributed by atoms with Crippen LogP contribution >= 0.6 is 0 Å². The Hall–Kier alpha value is -2.69. The van der Waals surface area contributed by atoms with Gasteiger partial charge in [0.1, 0.15) is 5.75 Å². The smallest absolute Gasteiger partial charge is 0.264 e. The van der Waals surface area contributed by atoms with Crippen molar-refractivity contribution in [1.82, 2.24) is 4.98 Å². The second kappa shape index (κ2) is 5.41. The summed E-state index contributed by atoms with van der Waals surface area (Å²) in [6, 6.07) is 9.47. The lowest BCUT2D eigenvalue weighted by molar-refractivity contribution is -0.120. The van der Waals surface area contributed by atoms with Crippen molar-refractivity contribution in [3.8, 4) is 17.0 Å². The number of likely N-dealkylation sites (N-methyl/N-ethyl adjacent to an activating group) is 1. The number of rotatable bonds is 1. The van der Waals surface area contributed by atoms with Gasteiger partial charge in [0.25, 0.3) is 5.91 Å². The van der Waals surface area contributed by atoms with Gasteiger partial charge in [-0.1, -0.05) is 13.8 Å². The Morgan fingerprint density at radius 3 is 2.72 bits per heavy atom. The highest BCUT2D eigenvalue weighted by Crippen LogP contribution is 2.37. The fraction of sp³-hybridized carbons (Fsp3) is 0.350. The van der Waals surface area contributed by atoms with Crippen LogP contribution in [0.5, 0.6) is 5.75 Å². The maximum Gasteiger partial charge on any atom is 0.264 e. The van der Waals surface area contributed by atoms with Crippen molar-refractivity contribution in [2.24, 2.45) is 5.41 Å². The molecule has 1 amide bonds. The molecule has 0 saturated heterocycles. The van der Waals surface area contributed by atoms with Crippen molar-refractivity contribution in [3.05, 3.63) is 41.6 Å². The van der Waals surface area contributed by atoms with Crippen LogP contribution in [0.25, 0.3) is 11.3 Å². The molecule has 128 valence electrons. The average Bonchev–Trinajstić information content (AvgIpc) is 2.56. The Morgan fingerprint density at radius 1 is 1.12 bits per heavy atom. The minimum absolute atomic E-state index is 0.0635. The number of pyridine rings is 1. The number of nitrogens with zero attached hydrogens (tertiary/aromatic N) is 2. The molecule has 5 nitrogen and oxygen atoms in total. The van der Waals surface area contributed by atoms with Crippen LogP contribution < -0.4 is 9.64 Å². The molecule has 0 N–H and O–H groups in total. The first-order valence-corrected chi connectivity index (χ1v) is 8.41. The van der Waals surface area contributed by atoms with E-state index in [4.69, 9.17) is 9.72 Å². The molecule has 1 aromatic heterocycles. The van der Waals surface area contributed by atoms with Gasteiger partial charge in [-0.25, -0.2) is 0 Å². The first-order chi connectivity index (χ1) is 11.8. The highest BCUT2D eigenvalue weighted by Gasteiger charge is 2.32. The zero-order valence-electron chi connectivity index (χ0n) is 14.6. The number of benzene rings is 1. The molecule has 2 aliphatic rings. The standard InChI is InChI=1S/C20H20N2O3/c1-20(2)9-15-13(17(23)10-20)5-6-14(21-15)12-4-7-18-16(8-12)22(3)19(24)11-25-18/h4-8H,9-11H2,1-3H3. The largest absolute Gasteiger partial charge is 0.482 e. The Bertz CT molecular complexity index is 902. The fourth-order valence-electron chi connectivity index (χ4n) is 3.53. The molecule has 0 saturated carbocycles. The van der Waals surface area contributed by atoms with Gasteiger partial charge in [-0.15, -0.1) is 0 Å². The van der Waals surface area contributed by atoms with Crippen LogP contribution in [0.15, 0.2) is 30.3 Å². The van der Waals surface area contributed by atoms with E-state index in [1.165, 1.54) is 0 Å². The van der Waals surface area contributed by atoms with E-state index in [9.17, 15) is 9.59 Å². The Balaban J connectivity index is 1.77. The molecule has 1 aliphatic heterocycles. The molecule has 2 aromatic rings. The van der Waals surface area contributed by atoms with Crippen molar-refractivity contribution in [2.45, 2.75) is 26.7 Å². The van der Waals surface area contributed by atoms with Crippen molar-refractivity contribution < 1.29 is 14.3 Å². The Kier molecular flexibility index (Phi) is 3.42. The number of anilines is 1. The van der Waals surface area contributed by atoms with Gasteiger partial charge in [0.05, 0.1) is 17.1 Å². The lowest BCUT2D eigenvalue weighted by Crippen LogP contribution is -2.35. The topological polar surface area (TPSA) is 59.5 Å². The molecule has 25 heavy (non-hydrogen) atoms. The third kappa shape index (κ3) is 2.69. The van der Waals surface area contributed by atoms with E-state index in [1.807, 2.05) is 30.3 Å². The number of hydrogen-bond acceptors (Lipinski definition) is 4. The predicted octanol–water partition coefficient (Wildman–Crippen LogP) is 3.26. The summed E-state index contributed by atoms with van der Waals surface area (Å²) in [5.74, 6) is 0.782. The lowest BCUT2D eigenvalue weighted by atomic mass is 9.75. The Morgan fingerprint density at radius 2 is 1.92 bits per heavy atom. The van der Waals surface area contributed by atoms with Crippen molar-refractivity contribution in [2.75, 3.05) is 18.6 Å². The second-order valence-corrected chi connectivity index (χ2v) is 7.56. The number of ether oxygens (including phenoxy) is 1. The summed E-state index contributed by atoms with van der Waals surface area (Å²) in [6.07, 6.45) is 1.35. The molecule has 4 rings (SSSR count). The van der Waals surface area contributed by atoms with Crippen molar-refractivity contribution in [3.63, 3.8) is 0 Å². The van der Waals surface area contributed by atoms with Crippen LogP contribution in [0.4, 0.5) is 5.69 Å². The molecule has 1 aromatic carbocycles. The van der Waals surface area contributed by atoms with E-state index in [-0.39, 0.29) is 23.7 Å². The number of Topliss-reactive ketones (excluding diaryl/α,β-unsaturated/α-hetero) is 1. The van der Waals surface area contributed by atoms with Crippen LogP contribution in [0.2, 0.25) is 0 Å². The zero-order valence-corrected chi connectivity index (χ0v) is 14.6. The minimum Gasteiger partial charge on any atom is -0.482 e. The van der Waals surface area contributed by atoms with E-state index in [0.29, 0.717) is 12.2 Å². The summed E-state index contributed by atoms with van der Waals surface area (Å²) in [7, 11) is 1.74. The van der Waals surface area contributed by atoms with Gasteiger partial charge < -0.3 is 9.64 Å². The van der Waals surface area contributed by atoms with Gasteiger partial charge in [-0.3, -0.25) is 14.6 Å². The number of hydrogen-bond donors (Lipinski definition) is 0. The van der Waals surface area contributed by atoms with E-state index in [0.717, 1.165) is 34.6 Å². The summed E-state index contributed by atoms with van der Waals surface area (Å²) < 4.78 is 5.47. The number of ketones is 1. The van der Waals surface area contributed by atoms with Gasteiger partial charge in [-0.05, 0) is 42.2 Å². The molecule has 0 bridgehead atoms. The van der Waals surface area contributed by atoms with Crippen molar-refractivity contribution in [1.29, 1.82) is 0 Å². The van der Waals surface area contributed by atoms with Crippen LogP contribution in [0.3, 0.4) is 0 Å². The summed E-state index contributed by atoms with van der Waals surface area (Å²) in [5, 5.41) is 0. The van der Waals surface area contributed by atoms with Crippen LogP contribution in [0.1, 0.15) is 36.3 Å². The number of aromatic nitrogens is 1. The highest BCUT2D eigenvalue weighted by atomic mass is 16.5. The van der Waals surface area contributed by atoms with E-state index in [1.54, 1.807) is 11.9 Å². The zero-order chi connectivity index (χ0) is 17.8. The van der Waals surface area contributed by atoms with E-state index >= 15 is 0 Å². The third-order valence-corrected chi connectivity index (χ3v) is 4.90. The van der Waals surface area contributed by atoms with Gasteiger partial charge >= 0.3 is 0 Å². The van der Waals surface area contributed by atoms with Gasteiger partial charge in [0, 0.05) is 24.6 Å². The molecule has 1 aliphatic carbocycles. The summed E-state index contributed by atoms with van der Waals surface area (Å²) in [4.78, 5) is 30.5. The molecular weight excluding hydrogens is 316 g/mol. The first kappa shape index (κ1) is 15.8. The van der Waals surface area contributed by atoms with E-state index < -0.39 is 0 Å². The minimum atomic E-state index is -0.0737. The van der Waals surface area contributed by atoms with Crippen LogP contribution in [-0.2, 0) is 11.2 Å². The number of amides is 1.